The molecule has 2 aromatic heterocycles. The first-order valence-electron chi connectivity index (χ1n) is 11.4. The molecule has 1 aromatic carbocycles. The van der Waals surface area contributed by atoms with Crippen molar-refractivity contribution < 1.29 is 40.8 Å². The summed E-state index contributed by atoms with van der Waals surface area (Å²) in [4.78, 5) is 21.3. The van der Waals surface area contributed by atoms with Gasteiger partial charge in [0.25, 0.3) is 0 Å². The quantitative estimate of drug-likeness (QED) is 0.327. The second-order valence-electron chi connectivity index (χ2n) is 9.02. The van der Waals surface area contributed by atoms with Crippen LogP contribution in [-0.2, 0) is 33.6 Å². The van der Waals surface area contributed by atoms with Gasteiger partial charge in [-0.25, -0.2) is 15.1 Å². The topological polar surface area (TPSA) is 171 Å². The zero-order valence-corrected chi connectivity index (χ0v) is 20.5. The van der Waals surface area contributed by atoms with Gasteiger partial charge in [-0.05, 0) is 42.5 Å². The number of carbonyl (C=O) groups excluding carboxylic acids is 1. The summed E-state index contributed by atoms with van der Waals surface area (Å²) in [5.41, 5.74) is 0.264. The van der Waals surface area contributed by atoms with Crippen LogP contribution in [0.3, 0.4) is 0 Å². The molecule has 0 saturated heterocycles. The van der Waals surface area contributed by atoms with E-state index in [2.05, 4.69) is 19.2 Å². The number of rotatable bonds is 9. The van der Waals surface area contributed by atoms with Crippen LogP contribution in [0.15, 0.2) is 49.1 Å². The van der Waals surface area contributed by atoms with Gasteiger partial charge in [-0.2, -0.15) is 26.7 Å². The van der Waals surface area contributed by atoms with E-state index in [4.69, 9.17) is 5.14 Å². The Kier molecular flexibility index (Phi) is 7.94. The van der Waals surface area contributed by atoms with Gasteiger partial charge in [0.15, 0.2) is 0 Å². The van der Waals surface area contributed by atoms with Gasteiger partial charge in [0.2, 0.25) is 5.78 Å². The highest BCUT2D eigenvalue weighted by molar-refractivity contribution is 7.84. The lowest BCUT2D eigenvalue weighted by Gasteiger charge is -2.17. The van der Waals surface area contributed by atoms with Crippen LogP contribution in [0.5, 0.6) is 0 Å². The summed E-state index contributed by atoms with van der Waals surface area (Å²) in [6.07, 6.45) is -2.59. The average molecular weight is 556 g/mol. The normalized spacial score (nSPS) is 22.1. The Morgan fingerprint density at radius 3 is 2.47 bits per heavy atom. The summed E-state index contributed by atoms with van der Waals surface area (Å²) < 4.78 is 66.4. The molecule has 38 heavy (non-hydrogen) atoms. The van der Waals surface area contributed by atoms with Gasteiger partial charge in [0, 0.05) is 18.3 Å². The van der Waals surface area contributed by atoms with Crippen molar-refractivity contribution >= 4 is 16.1 Å². The summed E-state index contributed by atoms with van der Waals surface area (Å²) >= 11 is 0. The number of aliphatic hydroxyl groups is 2. The molecule has 0 amide bonds. The van der Waals surface area contributed by atoms with Gasteiger partial charge in [0.1, 0.15) is 12.0 Å². The smallest absolute Gasteiger partial charge is 0.390 e. The van der Waals surface area contributed by atoms with Gasteiger partial charge in [-0.3, -0.25) is 13.7 Å². The molecule has 1 fully saturated rings. The maximum Gasteiger partial charge on any atom is 0.416 e. The second-order valence-corrected chi connectivity index (χ2v) is 10.2. The fourth-order valence-electron chi connectivity index (χ4n) is 4.43. The van der Waals surface area contributed by atoms with Gasteiger partial charge in [-0.1, -0.05) is 12.1 Å². The van der Waals surface area contributed by atoms with E-state index in [0.717, 1.165) is 12.1 Å². The fraction of sp³-hybridized carbons (Fsp3) is 0.391. The highest BCUT2D eigenvalue weighted by Gasteiger charge is 2.42. The van der Waals surface area contributed by atoms with E-state index < -0.39 is 58.5 Å². The first-order valence-corrected chi connectivity index (χ1v) is 12.9. The molecule has 4 rings (SSSR count). The molecule has 4 atom stereocenters. The number of nitrogens with two attached hydrogens (primary N) is 1. The number of ketones is 1. The molecule has 3 aromatic rings. The zero-order chi connectivity index (χ0) is 27.7. The van der Waals surface area contributed by atoms with Crippen molar-refractivity contribution in [2.24, 2.45) is 17.0 Å². The van der Waals surface area contributed by atoms with Crippen LogP contribution < -0.4 is 5.14 Å². The van der Waals surface area contributed by atoms with Crippen LogP contribution in [0.25, 0.3) is 0 Å². The molecular weight excluding hydrogens is 531 g/mol. The summed E-state index contributed by atoms with van der Waals surface area (Å²) in [6, 6.07) is 6.06. The number of nitrogens with zero attached hydrogens (tertiary/aromatic N) is 4. The highest BCUT2D eigenvalue weighted by atomic mass is 32.2. The van der Waals surface area contributed by atoms with Gasteiger partial charge in [0.05, 0.1) is 42.2 Å². The molecule has 0 spiro atoms. The Labute approximate surface area is 215 Å². The number of aromatic nitrogens is 4. The van der Waals surface area contributed by atoms with Gasteiger partial charge >= 0.3 is 16.5 Å². The largest absolute Gasteiger partial charge is 0.416 e. The minimum atomic E-state index is -4.44. The molecule has 2 heterocycles. The van der Waals surface area contributed by atoms with Crippen LogP contribution in [0.2, 0.25) is 0 Å². The first-order chi connectivity index (χ1) is 17.8. The maximum absolute atomic E-state index is 13.2. The molecule has 1 aliphatic carbocycles. The van der Waals surface area contributed by atoms with Crippen LogP contribution >= 0.6 is 0 Å². The number of aliphatic hydroxyl groups excluding tert-OH is 2. The molecule has 0 bridgehead atoms. The lowest BCUT2D eigenvalue weighted by molar-refractivity contribution is -0.137. The predicted molar refractivity (Wildman–Crippen MR) is 125 cm³/mol. The van der Waals surface area contributed by atoms with E-state index in [1.165, 1.54) is 41.6 Å². The number of hydrogen-bond acceptors (Lipinski definition) is 9. The molecule has 1 aliphatic rings. The van der Waals surface area contributed by atoms with Crippen molar-refractivity contribution in [2.45, 2.75) is 37.8 Å². The third kappa shape index (κ3) is 6.60. The summed E-state index contributed by atoms with van der Waals surface area (Å²) in [6.45, 7) is -0.267. The van der Waals surface area contributed by atoms with Crippen molar-refractivity contribution in [1.82, 2.24) is 19.7 Å². The summed E-state index contributed by atoms with van der Waals surface area (Å²) in [7, 11) is -4.22. The molecule has 204 valence electrons. The second kappa shape index (κ2) is 10.9. The van der Waals surface area contributed by atoms with Crippen LogP contribution in [-0.4, -0.2) is 63.0 Å². The number of halogens is 3. The minimum absolute atomic E-state index is 0.0550. The Morgan fingerprint density at radius 2 is 1.82 bits per heavy atom. The van der Waals surface area contributed by atoms with Gasteiger partial charge in [-0.15, -0.1) is 0 Å². The lowest BCUT2D eigenvalue weighted by Crippen LogP contribution is -2.31. The third-order valence-electron chi connectivity index (χ3n) is 6.36. The van der Waals surface area contributed by atoms with Crippen molar-refractivity contribution in [2.75, 3.05) is 6.61 Å². The Hall–Kier alpha value is -3.24. The number of alkyl halides is 3. The average Bonchev–Trinajstić information content (AvgIpc) is 3.42. The summed E-state index contributed by atoms with van der Waals surface area (Å²) in [5.74, 6) is -1.76. The predicted octanol–water partition coefficient (Wildman–Crippen LogP) is 1.09. The van der Waals surface area contributed by atoms with Crippen LogP contribution in [0.1, 0.15) is 39.3 Å². The van der Waals surface area contributed by atoms with E-state index in [1.54, 1.807) is 0 Å². The van der Waals surface area contributed by atoms with E-state index in [-0.39, 0.29) is 30.6 Å². The van der Waals surface area contributed by atoms with E-state index in [1.807, 2.05) is 0 Å². The first kappa shape index (κ1) is 27.8. The summed E-state index contributed by atoms with van der Waals surface area (Å²) in [5, 5.41) is 29.8. The minimum Gasteiger partial charge on any atom is -0.390 e. The lowest BCUT2D eigenvalue weighted by atomic mass is 9.95. The molecule has 0 radical (unpaired) electrons. The third-order valence-corrected chi connectivity index (χ3v) is 6.83. The Bertz CT molecular complexity index is 1400. The number of hydrogen-bond donors (Lipinski definition) is 3. The molecule has 11 nitrogen and oxygen atoms in total. The van der Waals surface area contributed by atoms with Crippen LogP contribution in [0.4, 0.5) is 13.2 Å². The Balaban J connectivity index is 1.45. The van der Waals surface area contributed by atoms with Crippen molar-refractivity contribution in [3.8, 4) is 0 Å². The standard InChI is InChI=1S/C23H24F3N5O6S/c24-23(25,26)16-3-1-13(2-4-16)10-31-6-5-18(30-31)22(34)17-9-28-12-29-19(17)8-14-7-15(21(33)20(14)32)11-37-38(27,35)36/h1-6,9,12,14-15,20-21,32-33H,7-8,10-11H2,(H2,27,35,36)/t14-,15+,20-,21+/m0/s1. The molecule has 1 saturated carbocycles. The Morgan fingerprint density at radius 1 is 1.13 bits per heavy atom. The molecule has 0 unspecified atom stereocenters. The van der Waals surface area contributed by atoms with Crippen molar-refractivity contribution in [1.29, 1.82) is 0 Å². The molecule has 15 heteroatoms. The van der Waals surface area contributed by atoms with Crippen molar-refractivity contribution in [3.05, 3.63) is 77.1 Å². The highest BCUT2D eigenvalue weighted by Crippen LogP contribution is 2.35. The number of benzene rings is 1. The molecule has 4 N–H and O–H groups in total. The zero-order valence-electron chi connectivity index (χ0n) is 19.7. The number of carbonyl (C=O) groups is 1. The maximum atomic E-state index is 13.2. The monoisotopic (exact) mass is 555 g/mol. The molecular formula is C23H24F3N5O6S. The van der Waals surface area contributed by atoms with E-state index in [0.29, 0.717) is 11.3 Å². The van der Waals surface area contributed by atoms with Crippen LogP contribution in [0, 0.1) is 11.8 Å². The van der Waals surface area contributed by atoms with Crippen molar-refractivity contribution in [3.63, 3.8) is 0 Å². The SMILES string of the molecule is NS(=O)(=O)OC[C@H]1C[C@@H](Cc2ncncc2C(=O)c2ccn(Cc3ccc(C(F)(F)F)cc3)n2)[C@H](O)[C@@H]1O. The fourth-order valence-corrected chi connectivity index (χ4v) is 4.79. The van der Waals surface area contributed by atoms with Gasteiger partial charge < -0.3 is 10.2 Å². The van der Waals surface area contributed by atoms with E-state index >= 15 is 0 Å². The molecule has 0 aliphatic heterocycles. The van der Waals surface area contributed by atoms with E-state index in [9.17, 15) is 36.6 Å².